The van der Waals surface area contributed by atoms with Gasteiger partial charge in [0.2, 0.25) is 0 Å². The Hall–Kier alpha value is -2.85. The van der Waals surface area contributed by atoms with Crippen molar-refractivity contribution in [3.05, 3.63) is 64.5 Å². The molecule has 2 N–H and O–H groups in total. The molecule has 0 atom stereocenters. The zero-order valence-corrected chi connectivity index (χ0v) is 19.9. The van der Waals surface area contributed by atoms with Crippen molar-refractivity contribution < 1.29 is 16.8 Å². The third-order valence-corrected chi connectivity index (χ3v) is 8.04. The lowest BCUT2D eigenvalue weighted by Gasteiger charge is -2.15. The Morgan fingerprint density at radius 3 is 1.84 bits per heavy atom. The lowest BCUT2D eigenvalue weighted by molar-refractivity contribution is 0.599. The standard InChI is InChI=1S/C21H26N4O4S2/c1-13-11-14(2)20(15(3)12-13)24-30(26,27)19-9-7-18(8-10-19)23-31(28,29)21-16(4)22-25(6)17(21)5/h7-12,23-24H,1-6H3. The van der Waals surface area contributed by atoms with Crippen LogP contribution in [-0.2, 0) is 27.1 Å². The zero-order valence-electron chi connectivity index (χ0n) is 18.3. The van der Waals surface area contributed by atoms with E-state index in [1.54, 1.807) is 20.9 Å². The van der Waals surface area contributed by atoms with E-state index in [0.717, 1.165) is 16.7 Å². The largest absolute Gasteiger partial charge is 0.280 e. The zero-order chi connectivity index (χ0) is 23.1. The van der Waals surface area contributed by atoms with Crippen molar-refractivity contribution >= 4 is 31.4 Å². The third kappa shape index (κ3) is 4.59. The number of hydrogen-bond donors (Lipinski definition) is 2. The van der Waals surface area contributed by atoms with Crippen LogP contribution in [0.2, 0.25) is 0 Å². The van der Waals surface area contributed by atoms with E-state index < -0.39 is 20.0 Å². The van der Waals surface area contributed by atoms with Crippen molar-refractivity contribution in [3.8, 4) is 0 Å². The van der Waals surface area contributed by atoms with E-state index in [1.165, 1.54) is 28.9 Å². The average Bonchev–Trinajstić information content (AvgIpc) is 2.91. The molecule has 1 aromatic heterocycles. The number of sulfonamides is 2. The van der Waals surface area contributed by atoms with Crippen molar-refractivity contribution in [2.45, 2.75) is 44.4 Å². The van der Waals surface area contributed by atoms with Crippen molar-refractivity contribution in [2.75, 3.05) is 9.44 Å². The molecule has 0 aliphatic carbocycles. The minimum Gasteiger partial charge on any atom is -0.280 e. The number of benzene rings is 2. The number of anilines is 2. The van der Waals surface area contributed by atoms with Gasteiger partial charge >= 0.3 is 0 Å². The number of rotatable bonds is 6. The highest BCUT2D eigenvalue weighted by molar-refractivity contribution is 7.93. The van der Waals surface area contributed by atoms with Crippen LogP contribution in [0.15, 0.2) is 46.2 Å². The molecule has 8 nitrogen and oxygen atoms in total. The molecule has 0 amide bonds. The maximum Gasteiger partial charge on any atom is 0.265 e. The molecule has 0 saturated heterocycles. The van der Waals surface area contributed by atoms with E-state index in [-0.39, 0.29) is 15.5 Å². The van der Waals surface area contributed by atoms with Crippen LogP contribution >= 0.6 is 0 Å². The van der Waals surface area contributed by atoms with Gasteiger partial charge in [-0.15, -0.1) is 0 Å². The summed E-state index contributed by atoms with van der Waals surface area (Å²) in [6.07, 6.45) is 0. The SMILES string of the molecule is Cc1cc(C)c(NS(=O)(=O)c2ccc(NS(=O)(=O)c3c(C)nn(C)c3C)cc2)c(C)c1. The molecule has 0 spiro atoms. The van der Waals surface area contributed by atoms with Gasteiger partial charge in [0.1, 0.15) is 4.90 Å². The van der Waals surface area contributed by atoms with E-state index in [1.807, 2.05) is 32.9 Å². The molecule has 3 aromatic rings. The lowest BCUT2D eigenvalue weighted by atomic mass is 10.1. The predicted octanol–water partition coefficient (Wildman–Crippen LogP) is 3.56. The van der Waals surface area contributed by atoms with Crippen LogP contribution in [0.25, 0.3) is 0 Å². The van der Waals surface area contributed by atoms with Gasteiger partial charge in [0.05, 0.1) is 22.0 Å². The summed E-state index contributed by atoms with van der Waals surface area (Å²) in [7, 11) is -6.03. The van der Waals surface area contributed by atoms with E-state index >= 15 is 0 Å². The van der Waals surface area contributed by atoms with Gasteiger partial charge in [0, 0.05) is 12.7 Å². The van der Waals surface area contributed by atoms with Gasteiger partial charge in [-0.1, -0.05) is 17.7 Å². The number of aromatic nitrogens is 2. The van der Waals surface area contributed by atoms with Crippen LogP contribution in [0.5, 0.6) is 0 Å². The topological polar surface area (TPSA) is 110 Å². The van der Waals surface area contributed by atoms with E-state index in [4.69, 9.17) is 0 Å². The summed E-state index contributed by atoms with van der Waals surface area (Å²) in [5.41, 5.74) is 4.40. The predicted molar refractivity (Wildman–Crippen MR) is 121 cm³/mol. The number of nitrogens with zero attached hydrogens (tertiary/aromatic N) is 2. The molecule has 0 aliphatic heterocycles. The van der Waals surface area contributed by atoms with Crippen LogP contribution in [0.4, 0.5) is 11.4 Å². The summed E-state index contributed by atoms with van der Waals surface area (Å²) < 4.78 is 57.9. The first-order chi connectivity index (χ1) is 14.3. The Bertz CT molecular complexity index is 1330. The Morgan fingerprint density at radius 1 is 0.806 bits per heavy atom. The summed E-state index contributed by atoms with van der Waals surface area (Å²) in [6, 6.07) is 9.38. The van der Waals surface area contributed by atoms with Crippen molar-refractivity contribution in [3.63, 3.8) is 0 Å². The molecule has 2 aromatic carbocycles. The summed E-state index contributed by atoms with van der Waals surface area (Å²) in [5.74, 6) is 0. The van der Waals surface area contributed by atoms with Crippen LogP contribution < -0.4 is 9.44 Å². The van der Waals surface area contributed by atoms with Crippen molar-refractivity contribution in [2.24, 2.45) is 7.05 Å². The Morgan fingerprint density at radius 2 is 1.35 bits per heavy atom. The monoisotopic (exact) mass is 462 g/mol. The maximum atomic E-state index is 12.8. The molecule has 3 rings (SSSR count). The van der Waals surface area contributed by atoms with Crippen LogP contribution in [0.3, 0.4) is 0 Å². The van der Waals surface area contributed by atoms with Crippen molar-refractivity contribution in [1.29, 1.82) is 0 Å². The molecular formula is C21H26N4O4S2. The number of aryl methyl sites for hydroxylation is 5. The molecule has 1 heterocycles. The molecule has 0 radical (unpaired) electrons. The van der Waals surface area contributed by atoms with Gasteiger partial charge in [0.25, 0.3) is 20.0 Å². The Labute approximate surface area is 183 Å². The Kier molecular flexibility index (Phi) is 5.90. The Balaban J connectivity index is 1.86. The van der Waals surface area contributed by atoms with Gasteiger partial charge in [-0.05, 0) is 70.0 Å². The van der Waals surface area contributed by atoms with Gasteiger partial charge in [-0.3, -0.25) is 14.1 Å². The molecule has 31 heavy (non-hydrogen) atoms. The highest BCUT2D eigenvalue weighted by Gasteiger charge is 2.24. The fourth-order valence-electron chi connectivity index (χ4n) is 3.59. The first kappa shape index (κ1) is 22.8. The number of nitrogens with one attached hydrogen (secondary N) is 2. The first-order valence-corrected chi connectivity index (χ1v) is 12.5. The minimum absolute atomic E-state index is 0.0311. The minimum atomic E-state index is -3.86. The molecule has 0 fully saturated rings. The molecule has 166 valence electrons. The molecule has 10 heteroatoms. The fraction of sp³-hybridized carbons (Fsp3) is 0.286. The summed E-state index contributed by atoms with van der Waals surface area (Å²) in [4.78, 5) is 0.141. The van der Waals surface area contributed by atoms with Crippen LogP contribution in [0.1, 0.15) is 28.1 Å². The average molecular weight is 463 g/mol. The van der Waals surface area contributed by atoms with Gasteiger partial charge in [0.15, 0.2) is 0 Å². The fourth-order valence-corrected chi connectivity index (χ4v) is 6.29. The third-order valence-electron chi connectivity index (χ3n) is 5.04. The summed E-state index contributed by atoms with van der Waals surface area (Å²) in [5, 5.41) is 4.13. The van der Waals surface area contributed by atoms with Crippen LogP contribution in [0, 0.1) is 34.6 Å². The van der Waals surface area contributed by atoms with Crippen LogP contribution in [-0.4, -0.2) is 26.6 Å². The molecule has 0 unspecified atom stereocenters. The smallest absolute Gasteiger partial charge is 0.265 e. The van der Waals surface area contributed by atoms with Gasteiger partial charge in [-0.25, -0.2) is 16.8 Å². The number of hydrogen-bond acceptors (Lipinski definition) is 5. The second-order valence-corrected chi connectivity index (χ2v) is 10.9. The van der Waals surface area contributed by atoms with Gasteiger partial charge in [-0.2, -0.15) is 5.10 Å². The normalized spacial score (nSPS) is 12.1. The first-order valence-electron chi connectivity index (χ1n) is 9.55. The highest BCUT2D eigenvalue weighted by atomic mass is 32.2. The summed E-state index contributed by atoms with van der Waals surface area (Å²) in [6.45, 7) is 8.94. The van der Waals surface area contributed by atoms with Gasteiger partial charge < -0.3 is 0 Å². The summed E-state index contributed by atoms with van der Waals surface area (Å²) >= 11 is 0. The molecule has 0 aliphatic rings. The molecular weight excluding hydrogens is 436 g/mol. The molecule has 0 saturated carbocycles. The van der Waals surface area contributed by atoms with E-state index in [9.17, 15) is 16.8 Å². The highest BCUT2D eigenvalue weighted by Crippen LogP contribution is 2.27. The second-order valence-electron chi connectivity index (χ2n) is 7.63. The molecule has 0 bridgehead atoms. The maximum absolute atomic E-state index is 12.8. The lowest BCUT2D eigenvalue weighted by Crippen LogP contribution is -2.16. The van der Waals surface area contributed by atoms with E-state index in [2.05, 4.69) is 14.5 Å². The van der Waals surface area contributed by atoms with Crippen molar-refractivity contribution in [1.82, 2.24) is 9.78 Å². The second kappa shape index (κ2) is 8.01. The quantitative estimate of drug-likeness (QED) is 0.582. The van der Waals surface area contributed by atoms with E-state index in [0.29, 0.717) is 17.1 Å².